The van der Waals surface area contributed by atoms with Gasteiger partial charge in [-0.25, -0.2) is 0 Å². The smallest absolute Gasteiger partial charge is 0.306 e. The van der Waals surface area contributed by atoms with E-state index in [1.54, 1.807) is 0 Å². The SMILES string of the molecule is CC\C=C/C=C\C=C/C=C\C=C/CCCCCC(=O)OCC(COC(=O)CCCCCCCCCCC/C=C\C/C=C\C/C=C\CC)OC(=O)CCCCC/C=C\C=C/CCCCCCCCC. The molecular weight excluding hydrogens is 841 g/mol. The Labute approximate surface area is 418 Å². The highest BCUT2D eigenvalue weighted by molar-refractivity contribution is 5.71. The van der Waals surface area contributed by atoms with Gasteiger partial charge in [0.25, 0.3) is 0 Å². The molecule has 0 fully saturated rings. The number of allylic oxidation sites excluding steroid dienone is 20. The largest absolute Gasteiger partial charge is 0.462 e. The van der Waals surface area contributed by atoms with Gasteiger partial charge < -0.3 is 14.2 Å². The Kier molecular flexibility index (Phi) is 52.0. The van der Waals surface area contributed by atoms with Gasteiger partial charge in [0.2, 0.25) is 0 Å². The molecule has 0 spiro atoms. The Balaban J connectivity index is 4.51. The van der Waals surface area contributed by atoms with Crippen molar-refractivity contribution in [2.24, 2.45) is 0 Å². The van der Waals surface area contributed by atoms with Crippen LogP contribution in [0.15, 0.2) is 122 Å². The number of rotatable bonds is 48. The van der Waals surface area contributed by atoms with Gasteiger partial charge in [-0.3, -0.25) is 14.4 Å². The standard InChI is InChI=1S/C62H100O6/c1-4-7-10-13-16-19-22-25-28-30-31-32-35-37-40-43-46-49-52-55-61(64)67-58-59(57-66-60(63)54-51-48-45-42-39-36-33-27-24-21-18-15-12-9-6-3)68-62(65)56-53-50-47-44-41-38-34-29-26-23-20-17-14-11-8-5-2/h7,9-10,12,15-16,18-19,21,24-25,27-29,33-34,36,38-39,41,59H,4-6,8,11,13-14,17,20,22-23,26,30-32,35,37,40,42-58H2,1-3H3/b10-7-,12-9-,18-15-,19-16-,24-21-,28-25-,33-27-,34-29-,39-36-,41-38-. The highest BCUT2D eigenvalue weighted by Gasteiger charge is 2.19. The maximum atomic E-state index is 12.8. The van der Waals surface area contributed by atoms with E-state index in [9.17, 15) is 14.4 Å². The molecule has 0 amide bonds. The maximum absolute atomic E-state index is 12.8. The van der Waals surface area contributed by atoms with Crippen LogP contribution in [0, 0.1) is 0 Å². The van der Waals surface area contributed by atoms with Crippen LogP contribution in [-0.4, -0.2) is 37.2 Å². The van der Waals surface area contributed by atoms with Gasteiger partial charge in [0.1, 0.15) is 13.2 Å². The van der Waals surface area contributed by atoms with Crippen molar-refractivity contribution >= 4 is 17.9 Å². The lowest BCUT2D eigenvalue weighted by atomic mass is 10.1. The van der Waals surface area contributed by atoms with E-state index >= 15 is 0 Å². The fourth-order valence-corrected chi connectivity index (χ4v) is 7.23. The van der Waals surface area contributed by atoms with E-state index < -0.39 is 6.10 Å². The normalized spacial score (nSPS) is 13.0. The number of ether oxygens (including phenoxy) is 3. The van der Waals surface area contributed by atoms with Gasteiger partial charge >= 0.3 is 17.9 Å². The maximum Gasteiger partial charge on any atom is 0.306 e. The number of hydrogen-bond acceptors (Lipinski definition) is 6. The van der Waals surface area contributed by atoms with Gasteiger partial charge in [0, 0.05) is 19.3 Å². The van der Waals surface area contributed by atoms with Gasteiger partial charge in [0.05, 0.1) is 0 Å². The van der Waals surface area contributed by atoms with Gasteiger partial charge in [0.15, 0.2) is 6.10 Å². The van der Waals surface area contributed by atoms with E-state index in [4.69, 9.17) is 14.2 Å². The van der Waals surface area contributed by atoms with Gasteiger partial charge in [-0.1, -0.05) is 239 Å². The third kappa shape index (κ3) is 52.8. The molecule has 0 radical (unpaired) electrons. The molecule has 0 saturated heterocycles. The Morgan fingerprint density at radius 2 is 0.647 bits per heavy atom. The fourth-order valence-electron chi connectivity index (χ4n) is 7.23. The van der Waals surface area contributed by atoms with E-state index in [2.05, 4.69) is 93.7 Å². The third-order valence-corrected chi connectivity index (χ3v) is 11.3. The van der Waals surface area contributed by atoms with Gasteiger partial charge in [-0.15, -0.1) is 0 Å². The van der Waals surface area contributed by atoms with Gasteiger partial charge in [-0.2, -0.15) is 0 Å². The minimum atomic E-state index is -0.815. The molecule has 1 unspecified atom stereocenters. The van der Waals surface area contributed by atoms with E-state index in [1.807, 2.05) is 48.6 Å². The molecule has 384 valence electrons. The van der Waals surface area contributed by atoms with Crippen LogP contribution in [0.1, 0.15) is 233 Å². The second-order valence-corrected chi connectivity index (χ2v) is 17.9. The van der Waals surface area contributed by atoms with Crippen molar-refractivity contribution in [2.75, 3.05) is 13.2 Å². The number of esters is 3. The Morgan fingerprint density at radius 3 is 1.10 bits per heavy atom. The average molecular weight is 941 g/mol. The topological polar surface area (TPSA) is 78.9 Å². The molecule has 0 bridgehead atoms. The lowest BCUT2D eigenvalue weighted by Gasteiger charge is -2.18. The van der Waals surface area contributed by atoms with Crippen molar-refractivity contribution in [1.82, 2.24) is 0 Å². The minimum absolute atomic E-state index is 0.109. The monoisotopic (exact) mass is 941 g/mol. The molecule has 0 aromatic carbocycles. The van der Waals surface area contributed by atoms with Crippen molar-refractivity contribution < 1.29 is 28.6 Å². The number of carbonyl (C=O) groups is 3. The molecule has 0 saturated carbocycles. The summed E-state index contributed by atoms with van der Waals surface area (Å²) in [5.74, 6) is -0.987. The van der Waals surface area contributed by atoms with Crippen molar-refractivity contribution in [1.29, 1.82) is 0 Å². The molecule has 0 rings (SSSR count). The second-order valence-electron chi connectivity index (χ2n) is 17.9. The molecule has 68 heavy (non-hydrogen) atoms. The summed E-state index contributed by atoms with van der Waals surface area (Å²) >= 11 is 0. The highest BCUT2D eigenvalue weighted by atomic mass is 16.6. The molecule has 1 atom stereocenters. The number of hydrogen-bond donors (Lipinski definition) is 0. The fraction of sp³-hybridized carbons (Fsp3) is 0.629. The predicted octanol–water partition coefficient (Wildman–Crippen LogP) is 18.5. The Hall–Kier alpha value is -4.19. The van der Waals surface area contributed by atoms with E-state index in [0.29, 0.717) is 12.8 Å². The second kappa shape index (κ2) is 55.4. The summed E-state index contributed by atoms with van der Waals surface area (Å²) in [5.41, 5.74) is 0. The first-order valence-electron chi connectivity index (χ1n) is 27.6. The molecule has 6 nitrogen and oxygen atoms in total. The van der Waals surface area contributed by atoms with Crippen LogP contribution >= 0.6 is 0 Å². The van der Waals surface area contributed by atoms with Crippen molar-refractivity contribution in [2.45, 2.75) is 239 Å². The van der Waals surface area contributed by atoms with Gasteiger partial charge in [-0.05, 0) is 96.3 Å². The molecule has 0 heterocycles. The molecule has 0 aromatic heterocycles. The summed E-state index contributed by atoms with van der Waals surface area (Å²) in [5, 5.41) is 0. The molecule has 0 aliphatic carbocycles. The lowest BCUT2D eigenvalue weighted by Crippen LogP contribution is -2.30. The van der Waals surface area contributed by atoms with Crippen LogP contribution in [0.5, 0.6) is 0 Å². The lowest BCUT2D eigenvalue weighted by molar-refractivity contribution is -0.167. The minimum Gasteiger partial charge on any atom is -0.462 e. The first-order valence-corrected chi connectivity index (χ1v) is 27.6. The summed E-state index contributed by atoms with van der Waals surface area (Å²) in [6.07, 6.45) is 76.1. The van der Waals surface area contributed by atoms with Crippen LogP contribution in [0.25, 0.3) is 0 Å². The summed E-state index contributed by atoms with van der Waals surface area (Å²) in [6.45, 7) is 6.31. The zero-order chi connectivity index (χ0) is 49.3. The van der Waals surface area contributed by atoms with Crippen molar-refractivity contribution in [3.8, 4) is 0 Å². The Bertz CT molecular complexity index is 1450. The molecule has 0 aliphatic heterocycles. The van der Waals surface area contributed by atoms with Crippen molar-refractivity contribution in [3.05, 3.63) is 122 Å². The molecule has 0 N–H and O–H groups in total. The first kappa shape index (κ1) is 63.8. The molecule has 0 aliphatic rings. The van der Waals surface area contributed by atoms with Crippen LogP contribution in [0.2, 0.25) is 0 Å². The highest BCUT2D eigenvalue weighted by Crippen LogP contribution is 2.14. The van der Waals surface area contributed by atoms with E-state index in [0.717, 1.165) is 109 Å². The van der Waals surface area contributed by atoms with E-state index in [1.165, 1.54) is 83.5 Å². The van der Waals surface area contributed by atoms with Crippen LogP contribution < -0.4 is 0 Å². The number of carbonyl (C=O) groups excluding carboxylic acids is 3. The third-order valence-electron chi connectivity index (χ3n) is 11.3. The van der Waals surface area contributed by atoms with Crippen LogP contribution in [-0.2, 0) is 28.6 Å². The van der Waals surface area contributed by atoms with Crippen LogP contribution in [0.4, 0.5) is 0 Å². The zero-order valence-corrected chi connectivity index (χ0v) is 43.8. The summed E-state index contributed by atoms with van der Waals surface area (Å²) in [6, 6.07) is 0. The van der Waals surface area contributed by atoms with Crippen LogP contribution in [0.3, 0.4) is 0 Å². The Morgan fingerprint density at radius 1 is 0.324 bits per heavy atom. The predicted molar refractivity (Wildman–Crippen MR) is 293 cm³/mol. The molecule has 0 aromatic rings. The van der Waals surface area contributed by atoms with E-state index in [-0.39, 0.29) is 37.5 Å². The quantitative estimate of drug-likeness (QED) is 0.0199. The first-order chi connectivity index (χ1) is 33.5. The average Bonchev–Trinajstić information content (AvgIpc) is 3.34. The molecular formula is C62H100O6. The summed E-state index contributed by atoms with van der Waals surface area (Å²) < 4.78 is 16.8. The number of unbranched alkanes of at least 4 members (excludes halogenated alkanes) is 22. The molecule has 6 heteroatoms. The zero-order valence-electron chi connectivity index (χ0n) is 43.8. The van der Waals surface area contributed by atoms with Crippen molar-refractivity contribution in [3.63, 3.8) is 0 Å². The summed E-state index contributed by atoms with van der Waals surface area (Å²) in [4.78, 5) is 38.1. The summed E-state index contributed by atoms with van der Waals surface area (Å²) in [7, 11) is 0.